The standard InChI is InChI=1S/C14H14O3.C9H16N2O6S/c1-9(14(15)16)10-3-4-12-8-13(17-2)6-5-11(12)7-10;1-7(12)10-8(6-18)9(13)16-4-2-3-5-17-11(14)15/h3-9H,1-2H3,(H,15,16);8,18H,2-6H2,1H3,(H,10,12)/t9-;8-/m01/s1. The van der Waals surface area contributed by atoms with Crippen molar-refractivity contribution >= 4 is 41.2 Å². The minimum atomic E-state index is -0.875. The number of esters is 1. The number of carbonyl (C=O) groups excluding carboxylic acids is 2. The lowest BCUT2D eigenvalue weighted by atomic mass is 9.98. The first-order chi connectivity index (χ1) is 16.6. The zero-order chi connectivity index (χ0) is 26.4. The number of benzene rings is 2. The Morgan fingerprint density at radius 1 is 1.11 bits per heavy atom. The van der Waals surface area contributed by atoms with E-state index in [0.29, 0.717) is 12.8 Å². The molecule has 11 nitrogen and oxygen atoms in total. The quantitative estimate of drug-likeness (QED) is 0.128. The fourth-order valence-corrected chi connectivity index (χ4v) is 3.06. The van der Waals surface area contributed by atoms with Gasteiger partial charge in [-0.2, -0.15) is 12.6 Å². The molecule has 0 bridgehead atoms. The average molecular weight is 511 g/mol. The van der Waals surface area contributed by atoms with E-state index < -0.39 is 29.0 Å². The molecular weight excluding hydrogens is 480 g/mol. The van der Waals surface area contributed by atoms with E-state index in [4.69, 9.17) is 14.6 Å². The van der Waals surface area contributed by atoms with E-state index in [9.17, 15) is 24.5 Å². The number of nitrogens with zero attached hydrogens (tertiary/aromatic N) is 1. The molecule has 0 heterocycles. The topological polar surface area (TPSA) is 154 Å². The molecule has 0 aliphatic heterocycles. The molecule has 35 heavy (non-hydrogen) atoms. The Kier molecular flexibility index (Phi) is 13.0. The molecule has 2 aromatic rings. The summed E-state index contributed by atoms with van der Waals surface area (Å²) in [7, 11) is 1.63. The lowest BCUT2D eigenvalue weighted by molar-refractivity contribution is -0.757. The number of fused-ring (bicyclic) bond motifs is 1. The van der Waals surface area contributed by atoms with Crippen LogP contribution in [0.2, 0.25) is 0 Å². The summed E-state index contributed by atoms with van der Waals surface area (Å²) in [6.45, 7) is 3.06. The van der Waals surface area contributed by atoms with Crippen LogP contribution in [0.15, 0.2) is 36.4 Å². The first-order valence-electron chi connectivity index (χ1n) is 10.7. The highest BCUT2D eigenvalue weighted by atomic mass is 32.1. The van der Waals surface area contributed by atoms with Gasteiger partial charge in [0.15, 0.2) is 0 Å². The lowest BCUT2D eigenvalue weighted by Crippen LogP contribution is -2.42. The van der Waals surface area contributed by atoms with Crippen LogP contribution in [0.3, 0.4) is 0 Å². The molecule has 0 aliphatic rings. The number of carbonyl (C=O) groups is 3. The van der Waals surface area contributed by atoms with Crippen LogP contribution in [0.5, 0.6) is 5.75 Å². The van der Waals surface area contributed by atoms with Gasteiger partial charge in [-0.05, 0) is 48.2 Å². The number of thiol groups is 1. The van der Waals surface area contributed by atoms with Gasteiger partial charge < -0.3 is 24.7 Å². The molecule has 0 radical (unpaired) electrons. The largest absolute Gasteiger partial charge is 0.497 e. The highest BCUT2D eigenvalue weighted by molar-refractivity contribution is 7.80. The minimum Gasteiger partial charge on any atom is -0.497 e. The summed E-state index contributed by atoms with van der Waals surface area (Å²) >= 11 is 3.92. The molecule has 2 rings (SSSR count). The minimum absolute atomic E-state index is 0.0355. The summed E-state index contributed by atoms with van der Waals surface area (Å²) in [6, 6.07) is 10.6. The summed E-state index contributed by atoms with van der Waals surface area (Å²) in [4.78, 5) is 47.0. The number of carboxylic acids is 1. The van der Waals surface area contributed by atoms with Crippen molar-refractivity contribution in [3.8, 4) is 5.75 Å². The van der Waals surface area contributed by atoms with Crippen molar-refractivity contribution in [2.24, 2.45) is 0 Å². The smallest absolute Gasteiger partial charge is 0.329 e. The van der Waals surface area contributed by atoms with E-state index in [2.05, 4.69) is 22.8 Å². The van der Waals surface area contributed by atoms with Crippen molar-refractivity contribution in [3.05, 3.63) is 52.1 Å². The SMILES string of the molecule is CC(=O)N[C@H](CS)C(=O)OCCCCO[N+](=O)[O-].COc1ccc2cc([C@H](C)C(=O)O)ccc2c1. The van der Waals surface area contributed by atoms with Gasteiger partial charge in [-0.25, -0.2) is 4.79 Å². The third-order valence-electron chi connectivity index (χ3n) is 4.77. The van der Waals surface area contributed by atoms with Crippen LogP contribution in [0, 0.1) is 10.1 Å². The van der Waals surface area contributed by atoms with Crippen LogP contribution >= 0.6 is 12.6 Å². The molecule has 2 N–H and O–H groups in total. The third kappa shape index (κ3) is 11.0. The molecule has 0 fully saturated rings. The van der Waals surface area contributed by atoms with Gasteiger partial charge >= 0.3 is 11.9 Å². The third-order valence-corrected chi connectivity index (χ3v) is 5.13. The maximum atomic E-state index is 11.4. The van der Waals surface area contributed by atoms with E-state index in [1.165, 1.54) is 6.92 Å². The van der Waals surface area contributed by atoms with Gasteiger partial charge in [0.05, 0.1) is 26.2 Å². The summed E-state index contributed by atoms with van der Waals surface area (Å²) in [5, 5.41) is 22.4. The number of nitrogens with one attached hydrogen (secondary N) is 1. The number of aliphatic carboxylic acids is 1. The van der Waals surface area contributed by atoms with Gasteiger partial charge in [-0.15, -0.1) is 10.1 Å². The van der Waals surface area contributed by atoms with E-state index in [1.807, 2.05) is 36.4 Å². The number of amides is 1. The van der Waals surface area contributed by atoms with Crippen LogP contribution < -0.4 is 10.1 Å². The van der Waals surface area contributed by atoms with Crippen LogP contribution in [0.25, 0.3) is 10.8 Å². The second-order valence-corrected chi connectivity index (χ2v) is 7.76. The summed E-state index contributed by atoms with van der Waals surface area (Å²) in [5.41, 5.74) is 0.815. The molecule has 0 aliphatic carbocycles. The number of hydrogen-bond acceptors (Lipinski definition) is 9. The van der Waals surface area contributed by atoms with Crippen molar-refractivity contribution in [1.82, 2.24) is 5.32 Å². The molecule has 2 atom stereocenters. The highest BCUT2D eigenvalue weighted by Crippen LogP contribution is 2.25. The van der Waals surface area contributed by atoms with Crippen LogP contribution in [-0.4, -0.2) is 60.2 Å². The summed E-state index contributed by atoms with van der Waals surface area (Å²) in [5.74, 6) is -1.26. The van der Waals surface area contributed by atoms with Crippen molar-refractivity contribution in [2.45, 2.75) is 38.6 Å². The first kappa shape index (κ1) is 29.5. The van der Waals surface area contributed by atoms with Crippen molar-refractivity contribution < 1.29 is 38.9 Å². The molecule has 0 saturated carbocycles. The maximum absolute atomic E-state index is 11.4. The van der Waals surface area contributed by atoms with Gasteiger partial charge in [0.25, 0.3) is 5.09 Å². The zero-order valence-corrected chi connectivity index (χ0v) is 20.7. The second kappa shape index (κ2) is 15.4. The van der Waals surface area contributed by atoms with Gasteiger partial charge in [-0.1, -0.05) is 24.3 Å². The van der Waals surface area contributed by atoms with E-state index in [1.54, 1.807) is 14.0 Å². The van der Waals surface area contributed by atoms with Gasteiger partial charge in [0.2, 0.25) is 5.91 Å². The molecule has 0 saturated heterocycles. The van der Waals surface area contributed by atoms with Gasteiger partial charge in [-0.3, -0.25) is 9.59 Å². The van der Waals surface area contributed by atoms with Gasteiger partial charge in [0, 0.05) is 12.7 Å². The normalized spacial score (nSPS) is 11.9. The number of methoxy groups -OCH3 is 1. The Bertz CT molecular complexity index is 1020. The Balaban J connectivity index is 0.000000350. The Morgan fingerprint density at radius 3 is 2.31 bits per heavy atom. The predicted molar refractivity (Wildman–Crippen MR) is 131 cm³/mol. The monoisotopic (exact) mass is 510 g/mol. The average Bonchev–Trinajstić information content (AvgIpc) is 2.83. The molecule has 0 aromatic heterocycles. The Morgan fingerprint density at radius 2 is 1.74 bits per heavy atom. The molecule has 0 spiro atoms. The van der Waals surface area contributed by atoms with Crippen LogP contribution in [0.1, 0.15) is 38.2 Å². The summed E-state index contributed by atoms with van der Waals surface area (Å²) in [6.07, 6.45) is 0.846. The maximum Gasteiger partial charge on any atom is 0.329 e. The van der Waals surface area contributed by atoms with Crippen molar-refractivity contribution in [3.63, 3.8) is 0 Å². The number of carboxylic acid groups (broad SMARTS) is 1. The fraction of sp³-hybridized carbons (Fsp3) is 0.435. The van der Waals surface area contributed by atoms with E-state index in [-0.39, 0.29) is 24.9 Å². The molecule has 0 unspecified atom stereocenters. The number of ether oxygens (including phenoxy) is 2. The molecule has 192 valence electrons. The molecular formula is C23H30N2O9S. The van der Waals surface area contributed by atoms with Crippen molar-refractivity contribution in [1.29, 1.82) is 0 Å². The highest BCUT2D eigenvalue weighted by Gasteiger charge is 2.18. The van der Waals surface area contributed by atoms with E-state index >= 15 is 0 Å². The Hall–Kier alpha value is -3.54. The number of rotatable bonds is 12. The first-order valence-corrected chi connectivity index (χ1v) is 11.3. The second-order valence-electron chi connectivity index (χ2n) is 7.40. The van der Waals surface area contributed by atoms with Crippen LogP contribution in [-0.2, 0) is 24.0 Å². The van der Waals surface area contributed by atoms with Gasteiger partial charge in [0.1, 0.15) is 11.8 Å². The van der Waals surface area contributed by atoms with Crippen LogP contribution in [0.4, 0.5) is 0 Å². The predicted octanol–water partition coefficient (Wildman–Crippen LogP) is 2.99. The molecule has 12 heteroatoms. The molecule has 1 amide bonds. The zero-order valence-electron chi connectivity index (χ0n) is 19.8. The number of hydrogen-bond donors (Lipinski definition) is 3. The van der Waals surface area contributed by atoms with Crippen molar-refractivity contribution in [2.75, 3.05) is 26.1 Å². The molecule has 2 aromatic carbocycles. The van der Waals surface area contributed by atoms with E-state index in [0.717, 1.165) is 22.1 Å². The fourth-order valence-electron chi connectivity index (χ4n) is 2.82. The number of unbranched alkanes of at least 4 members (excludes halogenated alkanes) is 1. The Labute approximate surface area is 208 Å². The lowest BCUT2D eigenvalue weighted by Gasteiger charge is -2.14. The summed E-state index contributed by atoms with van der Waals surface area (Å²) < 4.78 is 10.0.